The molecule has 0 radical (unpaired) electrons. The molecule has 0 aromatic heterocycles. The average molecular weight is 201 g/mol. The second kappa shape index (κ2) is 4.95. The van der Waals surface area contributed by atoms with Crippen LogP contribution >= 0.6 is 0 Å². The lowest BCUT2D eigenvalue weighted by Gasteiger charge is -2.23. The predicted molar refractivity (Wildman–Crippen MR) is 54.6 cm³/mol. The van der Waals surface area contributed by atoms with Gasteiger partial charge in [0.15, 0.2) is 0 Å². The Morgan fingerprint density at radius 1 is 1.36 bits per heavy atom. The molecule has 0 aromatic carbocycles. The van der Waals surface area contributed by atoms with Crippen LogP contribution in [0.2, 0.25) is 0 Å². The van der Waals surface area contributed by atoms with Crippen LogP contribution in [0.5, 0.6) is 0 Å². The monoisotopic (exact) mass is 201 g/mol. The predicted octanol–water partition coefficient (Wildman–Crippen LogP) is -0.682. The van der Waals surface area contributed by atoms with Crippen LogP contribution in [0.1, 0.15) is 20.8 Å². The van der Waals surface area contributed by atoms with Crippen molar-refractivity contribution in [3.63, 3.8) is 0 Å². The second-order valence-electron chi connectivity index (χ2n) is 4.25. The van der Waals surface area contributed by atoms with Gasteiger partial charge < -0.3 is 16.0 Å². The standard InChI is InChI=1S/C9H19N3O2/c1-9(2,3)11-7(13)6-12(4)8(14)5-10/h5-6,10H2,1-4H3,(H,11,13). The van der Waals surface area contributed by atoms with Gasteiger partial charge in [-0.3, -0.25) is 9.59 Å². The largest absolute Gasteiger partial charge is 0.350 e. The van der Waals surface area contributed by atoms with Crippen molar-refractivity contribution in [2.24, 2.45) is 5.73 Å². The average Bonchev–Trinajstić information content (AvgIpc) is 1.99. The van der Waals surface area contributed by atoms with Crippen molar-refractivity contribution in [1.82, 2.24) is 10.2 Å². The topological polar surface area (TPSA) is 75.4 Å². The van der Waals surface area contributed by atoms with Crippen molar-refractivity contribution in [1.29, 1.82) is 0 Å². The summed E-state index contributed by atoms with van der Waals surface area (Å²) in [4.78, 5) is 23.7. The Labute approximate surface area is 84.6 Å². The first-order valence-corrected chi connectivity index (χ1v) is 4.51. The number of carbonyl (C=O) groups is 2. The first-order valence-electron chi connectivity index (χ1n) is 4.51. The molecule has 3 N–H and O–H groups in total. The molecule has 0 heterocycles. The maximum Gasteiger partial charge on any atom is 0.240 e. The van der Waals surface area contributed by atoms with Crippen LogP contribution in [0.25, 0.3) is 0 Å². The number of carbonyl (C=O) groups excluding carboxylic acids is 2. The van der Waals surface area contributed by atoms with E-state index in [-0.39, 0.29) is 30.4 Å². The van der Waals surface area contributed by atoms with Gasteiger partial charge in [-0.2, -0.15) is 0 Å². The Morgan fingerprint density at radius 2 is 1.86 bits per heavy atom. The van der Waals surface area contributed by atoms with Crippen molar-refractivity contribution < 1.29 is 9.59 Å². The van der Waals surface area contributed by atoms with E-state index in [2.05, 4.69) is 5.32 Å². The van der Waals surface area contributed by atoms with Gasteiger partial charge in [-0.1, -0.05) is 0 Å². The fourth-order valence-electron chi connectivity index (χ4n) is 0.917. The van der Waals surface area contributed by atoms with Crippen molar-refractivity contribution >= 4 is 11.8 Å². The van der Waals surface area contributed by atoms with E-state index >= 15 is 0 Å². The molecule has 14 heavy (non-hydrogen) atoms. The fourth-order valence-corrected chi connectivity index (χ4v) is 0.917. The Hall–Kier alpha value is -1.10. The zero-order chi connectivity index (χ0) is 11.4. The number of hydrogen-bond donors (Lipinski definition) is 2. The van der Waals surface area contributed by atoms with Gasteiger partial charge in [0.2, 0.25) is 11.8 Å². The van der Waals surface area contributed by atoms with Crippen LogP contribution < -0.4 is 11.1 Å². The number of nitrogens with one attached hydrogen (secondary N) is 1. The molecule has 0 aliphatic rings. The van der Waals surface area contributed by atoms with E-state index < -0.39 is 0 Å². The summed E-state index contributed by atoms with van der Waals surface area (Å²) in [5.41, 5.74) is 4.88. The third-order valence-corrected chi connectivity index (χ3v) is 1.50. The molecule has 0 aromatic rings. The number of hydrogen-bond acceptors (Lipinski definition) is 3. The lowest BCUT2D eigenvalue weighted by atomic mass is 10.1. The van der Waals surface area contributed by atoms with E-state index in [9.17, 15) is 9.59 Å². The Balaban J connectivity index is 4.01. The first kappa shape index (κ1) is 12.9. The zero-order valence-electron chi connectivity index (χ0n) is 9.26. The van der Waals surface area contributed by atoms with Gasteiger partial charge in [0, 0.05) is 12.6 Å². The summed E-state index contributed by atoms with van der Waals surface area (Å²) in [6.07, 6.45) is 0. The van der Waals surface area contributed by atoms with Crippen LogP contribution in [0.3, 0.4) is 0 Å². The molecule has 0 saturated carbocycles. The highest BCUT2D eigenvalue weighted by atomic mass is 16.2. The van der Waals surface area contributed by atoms with Crippen molar-refractivity contribution in [3.8, 4) is 0 Å². The van der Waals surface area contributed by atoms with Gasteiger partial charge in [0.25, 0.3) is 0 Å². The summed E-state index contributed by atoms with van der Waals surface area (Å²) in [6.45, 7) is 5.63. The van der Waals surface area contributed by atoms with E-state index in [1.165, 1.54) is 4.90 Å². The fraction of sp³-hybridized carbons (Fsp3) is 0.778. The van der Waals surface area contributed by atoms with Crippen molar-refractivity contribution in [2.45, 2.75) is 26.3 Å². The summed E-state index contributed by atoms with van der Waals surface area (Å²) >= 11 is 0. The molecule has 82 valence electrons. The van der Waals surface area contributed by atoms with Gasteiger partial charge in [0.05, 0.1) is 13.1 Å². The molecule has 0 bridgehead atoms. The van der Waals surface area contributed by atoms with Crippen LogP contribution in [0, 0.1) is 0 Å². The molecular weight excluding hydrogens is 182 g/mol. The van der Waals surface area contributed by atoms with Crippen LogP contribution in [-0.4, -0.2) is 42.4 Å². The molecule has 0 unspecified atom stereocenters. The molecule has 2 amide bonds. The Morgan fingerprint density at radius 3 is 2.21 bits per heavy atom. The molecule has 0 atom stereocenters. The lowest BCUT2D eigenvalue weighted by molar-refractivity contribution is -0.134. The molecular formula is C9H19N3O2. The minimum absolute atomic E-state index is 0.0489. The van der Waals surface area contributed by atoms with E-state index in [1.54, 1.807) is 7.05 Å². The summed E-state index contributed by atoms with van der Waals surface area (Å²) in [5, 5.41) is 2.76. The molecule has 5 nitrogen and oxygen atoms in total. The van der Waals surface area contributed by atoms with E-state index in [0.29, 0.717) is 0 Å². The maximum atomic E-state index is 11.3. The van der Waals surface area contributed by atoms with Gasteiger partial charge in [0.1, 0.15) is 0 Å². The highest BCUT2D eigenvalue weighted by molar-refractivity contribution is 5.85. The van der Waals surface area contributed by atoms with Crippen molar-refractivity contribution in [2.75, 3.05) is 20.1 Å². The molecule has 0 rings (SSSR count). The Bertz CT molecular complexity index is 221. The van der Waals surface area contributed by atoms with Gasteiger partial charge in [-0.15, -0.1) is 0 Å². The summed E-state index contributed by atoms with van der Waals surface area (Å²) < 4.78 is 0. The SMILES string of the molecule is CN(CC(=O)NC(C)(C)C)C(=O)CN. The molecule has 0 aliphatic carbocycles. The van der Waals surface area contributed by atoms with Crippen LogP contribution in [0.4, 0.5) is 0 Å². The van der Waals surface area contributed by atoms with Gasteiger partial charge in [-0.25, -0.2) is 0 Å². The molecule has 5 heteroatoms. The number of nitrogens with two attached hydrogens (primary N) is 1. The molecule has 0 saturated heterocycles. The first-order chi connectivity index (χ1) is 6.26. The third kappa shape index (κ3) is 5.53. The minimum atomic E-state index is -0.274. The van der Waals surface area contributed by atoms with Gasteiger partial charge >= 0.3 is 0 Å². The van der Waals surface area contributed by atoms with E-state index in [0.717, 1.165) is 0 Å². The molecule has 0 fully saturated rings. The van der Waals surface area contributed by atoms with E-state index in [4.69, 9.17) is 5.73 Å². The smallest absolute Gasteiger partial charge is 0.240 e. The molecule has 0 aliphatic heterocycles. The quantitative estimate of drug-likeness (QED) is 0.635. The van der Waals surface area contributed by atoms with E-state index in [1.807, 2.05) is 20.8 Å². The highest BCUT2D eigenvalue weighted by Crippen LogP contribution is 1.98. The van der Waals surface area contributed by atoms with Crippen LogP contribution in [0.15, 0.2) is 0 Å². The van der Waals surface area contributed by atoms with Gasteiger partial charge in [-0.05, 0) is 20.8 Å². The highest BCUT2D eigenvalue weighted by Gasteiger charge is 2.16. The zero-order valence-corrected chi connectivity index (χ0v) is 9.26. The number of likely N-dealkylation sites (N-methyl/N-ethyl adjacent to an activating group) is 1. The lowest BCUT2D eigenvalue weighted by Crippen LogP contribution is -2.47. The normalized spacial score (nSPS) is 10.9. The number of nitrogens with zero attached hydrogens (tertiary/aromatic N) is 1. The van der Waals surface area contributed by atoms with Crippen LogP contribution in [-0.2, 0) is 9.59 Å². The molecule has 0 spiro atoms. The maximum absolute atomic E-state index is 11.3. The summed E-state index contributed by atoms with van der Waals surface area (Å²) in [5.74, 6) is -0.421. The number of amides is 2. The second-order valence-corrected chi connectivity index (χ2v) is 4.25. The minimum Gasteiger partial charge on any atom is -0.350 e. The summed E-state index contributed by atoms with van der Waals surface area (Å²) in [6, 6.07) is 0. The number of rotatable bonds is 3. The third-order valence-electron chi connectivity index (χ3n) is 1.50. The van der Waals surface area contributed by atoms with Crippen molar-refractivity contribution in [3.05, 3.63) is 0 Å². The summed E-state index contributed by atoms with van der Waals surface area (Å²) in [7, 11) is 1.55. The Kier molecular flexibility index (Phi) is 4.56.